The Morgan fingerprint density at radius 2 is 1.69 bits per heavy atom. The van der Waals surface area contributed by atoms with Gasteiger partial charge in [0.25, 0.3) is 0 Å². The maximum absolute atomic E-state index is 12.1. The van der Waals surface area contributed by atoms with E-state index in [2.05, 4.69) is 12.3 Å². The standard InChI is InChI=1S/C10H7F3/c1-2-3-8-4-6-9(7-5-8)10(11,12)13/h3-7H,1H2. The first-order valence-corrected chi connectivity index (χ1v) is 3.57. The van der Waals surface area contributed by atoms with E-state index in [9.17, 15) is 13.2 Å². The molecule has 0 aliphatic carbocycles. The first-order valence-electron chi connectivity index (χ1n) is 3.57. The van der Waals surface area contributed by atoms with Crippen molar-refractivity contribution in [2.24, 2.45) is 0 Å². The topological polar surface area (TPSA) is 0 Å². The van der Waals surface area contributed by atoms with Crippen LogP contribution in [0.4, 0.5) is 13.2 Å². The fourth-order valence-corrected chi connectivity index (χ4v) is 0.886. The Balaban J connectivity index is 3.00. The summed E-state index contributed by atoms with van der Waals surface area (Å²) in [6, 6.07) is 4.81. The van der Waals surface area contributed by atoms with Crippen LogP contribution in [0.1, 0.15) is 11.1 Å². The molecule has 1 aromatic carbocycles. The molecule has 68 valence electrons. The van der Waals surface area contributed by atoms with Crippen LogP contribution in [-0.2, 0) is 6.18 Å². The van der Waals surface area contributed by atoms with Gasteiger partial charge in [-0.25, -0.2) is 0 Å². The van der Waals surface area contributed by atoms with Gasteiger partial charge >= 0.3 is 6.18 Å². The maximum atomic E-state index is 12.1. The molecule has 0 spiro atoms. The summed E-state index contributed by atoms with van der Waals surface area (Å²) in [5.41, 5.74) is 2.50. The van der Waals surface area contributed by atoms with Crippen LogP contribution in [0.5, 0.6) is 0 Å². The zero-order valence-electron chi connectivity index (χ0n) is 6.73. The Bertz CT molecular complexity index is 326. The molecule has 13 heavy (non-hydrogen) atoms. The van der Waals surface area contributed by atoms with E-state index < -0.39 is 11.7 Å². The van der Waals surface area contributed by atoms with Crippen molar-refractivity contribution in [3.63, 3.8) is 0 Å². The van der Waals surface area contributed by atoms with E-state index in [1.54, 1.807) is 0 Å². The molecule has 0 amide bonds. The van der Waals surface area contributed by atoms with Crippen molar-refractivity contribution in [3.05, 3.63) is 47.7 Å². The maximum Gasteiger partial charge on any atom is 0.416 e. The summed E-state index contributed by atoms with van der Waals surface area (Å²) in [6.07, 6.45) is -2.75. The molecule has 0 aromatic heterocycles. The van der Waals surface area contributed by atoms with Crippen molar-refractivity contribution in [1.29, 1.82) is 0 Å². The molecule has 0 saturated heterocycles. The fraction of sp³-hybridized carbons (Fsp3) is 0.100. The summed E-state index contributed by atoms with van der Waals surface area (Å²) >= 11 is 0. The SMILES string of the molecule is C=C=Cc1ccc(C(F)(F)F)cc1. The molecule has 0 saturated carbocycles. The number of hydrogen-bond donors (Lipinski definition) is 0. The Morgan fingerprint density at radius 1 is 1.15 bits per heavy atom. The van der Waals surface area contributed by atoms with Crippen LogP contribution in [0.25, 0.3) is 6.08 Å². The third kappa shape index (κ3) is 2.49. The molecule has 0 aliphatic heterocycles. The molecule has 0 radical (unpaired) electrons. The van der Waals surface area contributed by atoms with E-state index in [1.807, 2.05) is 0 Å². The number of rotatable bonds is 1. The smallest absolute Gasteiger partial charge is 0.166 e. The molecule has 0 heterocycles. The average Bonchev–Trinajstić information content (AvgIpc) is 2.04. The summed E-state index contributed by atoms with van der Waals surface area (Å²) < 4.78 is 36.2. The molecule has 1 aromatic rings. The van der Waals surface area contributed by atoms with Gasteiger partial charge in [-0.15, -0.1) is 5.73 Å². The Labute approximate surface area is 74.0 Å². The average molecular weight is 184 g/mol. The molecular formula is C10H7F3. The lowest BCUT2D eigenvalue weighted by Crippen LogP contribution is -2.03. The molecule has 0 atom stereocenters. The molecule has 0 nitrogen and oxygen atoms in total. The van der Waals surface area contributed by atoms with Gasteiger partial charge in [0.05, 0.1) is 5.56 Å². The van der Waals surface area contributed by atoms with Crippen molar-refractivity contribution < 1.29 is 13.2 Å². The number of halogens is 3. The van der Waals surface area contributed by atoms with Crippen molar-refractivity contribution in [2.75, 3.05) is 0 Å². The number of benzene rings is 1. The second-order valence-electron chi connectivity index (χ2n) is 2.47. The third-order valence-electron chi connectivity index (χ3n) is 1.51. The molecule has 0 bridgehead atoms. The van der Waals surface area contributed by atoms with Gasteiger partial charge in [0.15, 0.2) is 0 Å². The minimum atomic E-state index is -4.27. The molecule has 0 unspecified atom stereocenters. The van der Waals surface area contributed by atoms with Crippen molar-refractivity contribution in [3.8, 4) is 0 Å². The van der Waals surface area contributed by atoms with Crippen LogP contribution < -0.4 is 0 Å². The van der Waals surface area contributed by atoms with E-state index in [1.165, 1.54) is 18.2 Å². The van der Waals surface area contributed by atoms with Gasteiger partial charge in [0.2, 0.25) is 0 Å². The molecule has 3 heteroatoms. The zero-order valence-corrected chi connectivity index (χ0v) is 6.73. The van der Waals surface area contributed by atoms with Crippen molar-refractivity contribution in [2.45, 2.75) is 6.18 Å². The first-order chi connectivity index (χ1) is 6.04. The lowest BCUT2D eigenvalue weighted by Gasteiger charge is -2.05. The fourth-order valence-electron chi connectivity index (χ4n) is 0.886. The first kappa shape index (κ1) is 9.62. The van der Waals surface area contributed by atoms with Gasteiger partial charge in [-0.1, -0.05) is 18.7 Å². The van der Waals surface area contributed by atoms with Crippen molar-refractivity contribution >= 4 is 6.08 Å². The van der Waals surface area contributed by atoms with E-state index in [0.29, 0.717) is 5.56 Å². The summed E-state index contributed by atoms with van der Waals surface area (Å²) in [5.74, 6) is 0. The summed E-state index contributed by atoms with van der Waals surface area (Å²) in [6.45, 7) is 3.32. The predicted molar refractivity (Wildman–Crippen MR) is 45.0 cm³/mol. The van der Waals surface area contributed by atoms with Gasteiger partial charge in [-0.2, -0.15) is 13.2 Å². The number of hydrogen-bond acceptors (Lipinski definition) is 0. The van der Waals surface area contributed by atoms with Gasteiger partial charge in [-0.05, 0) is 23.8 Å². The Morgan fingerprint density at radius 3 is 2.08 bits per heavy atom. The highest BCUT2D eigenvalue weighted by atomic mass is 19.4. The molecule has 0 fully saturated rings. The van der Waals surface area contributed by atoms with Gasteiger partial charge in [0, 0.05) is 0 Å². The highest BCUT2D eigenvalue weighted by Gasteiger charge is 2.29. The van der Waals surface area contributed by atoms with Crippen LogP contribution in [0.3, 0.4) is 0 Å². The second-order valence-corrected chi connectivity index (χ2v) is 2.47. The summed E-state index contributed by atoms with van der Waals surface area (Å²) in [5, 5.41) is 0. The summed E-state index contributed by atoms with van der Waals surface area (Å²) in [7, 11) is 0. The predicted octanol–water partition coefficient (Wildman–Crippen LogP) is 3.50. The minimum absolute atomic E-state index is 0.645. The normalized spacial score (nSPS) is 10.7. The van der Waals surface area contributed by atoms with Crippen LogP contribution in [0.2, 0.25) is 0 Å². The lowest BCUT2D eigenvalue weighted by molar-refractivity contribution is -0.137. The van der Waals surface area contributed by atoms with Gasteiger partial charge in [0.1, 0.15) is 0 Å². The molecule has 0 aliphatic rings. The largest absolute Gasteiger partial charge is 0.416 e. The van der Waals surface area contributed by atoms with E-state index in [0.717, 1.165) is 12.1 Å². The molecule has 0 N–H and O–H groups in total. The zero-order chi connectivity index (χ0) is 9.90. The second kappa shape index (κ2) is 3.50. The highest BCUT2D eigenvalue weighted by molar-refractivity contribution is 5.48. The van der Waals surface area contributed by atoms with Crippen LogP contribution >= 0.6 is 0 Å². The van der Waals surface area contributed by atoms with Crippen LogP contribution in [0, 0.1) is 0 Å². The van der Waals surface area contributed by atoms with E-state index in [4.69, 9.17) is 0 Å². The Kier molecular flexibility index (Phi) is 2.59. The monoisotopic (exact) mass is 184 g/mol. The van der Waals surface area contributed by atoms with E-state index >= 15 is 0 Å². The molecular weight excluding hydrogens is 177 g/mol. The van der Waals surface area contributed by atoms with E-state index in [-0.39, 0.29) is 0 Å². The van der Waals surface area contributed by atoms with Gasteiger partial charge in [-0.3, -0.25) is 0 Å². The minimum Gasteiger partial charge on any atom is -0.166 e. The van der Waals surface area contributed by atoms with Crippen molar-refractivity contribution in [1.82, 2.24) is 0 Å². The molecule has 1 rings (SSSR count). The van der Waals surface area contributed by atoms with Crippen LogP contribution in [-0.4, -0.2) is 0 Å². The summed E-state index contributed by atoms with van der Waals surface area (Å²) in [4.78, 5) is 0. The lowest BCUT2D eigenvalue weighted by atomic mass is 10.1. The van der Waals surface area contributed by atoms with Gasteiger partial charge < -0.3 is 0 Å². The number of alkyl halides is 3. The quantitative estimate of drug-likeness (QED) is 0.586. The Hall–Kier alpha value is -1.47. The highest BCUT2D eigenvalue weighted by Crippen LogP contribution is 2.29. The third-order valence-corrected chi connectivity index (χ3v) is 1.51. The van der Waals surface area contributed by atoms with Crippen LogP contribution in [0.15, 0.2) is 36.6 Å².